The van der Waals surface area contributed by atoms with Crippen molar-refractivity contribution in [1.82, 2.24) is 4.90 Å². The minimum atomic E-state index is 0.124. The van der Waals surface area contributed by atoms with Crippen molar-refractivity contribution in [3.63, 3.8) is 0 Å². The highest BCUT2D eigenvalue weighted by Gasteiger charge is 2.24. The number of hydrogen-bond acceptors (Lipinski definition) is 4. The summed E-state index contributed by atoms with van der Waals surface area (Å²) in [5.41, 5.74) is 0. The first-order valence-electron chi connectivity index (χ1n) is 5.99. The molecule has 1 amide bonds. The van der Waals surface area contributed by atoms with E-state index < -0.39 is 0 Å². The molecule has 1 heterocycles. The number of hydrogen-bond donors (Lipinski definition) is 0. The third-order valence-corrected chi connectivity index (χ3v) is 4.43. The van der Waals surface area contributed by atoms with Crippen molar-refractivity contribution >= 4 is 17.7 Å². The molecule has 5 heteroatoms. The third-order valence-electron chi connectivity index (χ3n) is 2.94. The van der Waals surface area contributed by atoms with Gasteiger partial charge < -0.3 is 9.64 Å². The van der Waals surface area contributed by atoms with Crippen LogP contribution in [0.4, 0.5) is 0 Å². The van der Waals surface area contributed by atoms with Gasteiger partial charge >= 0.3 is 0 Å². The van der Waals surface area contributed by atoms with Crippen molar-refractivity contribution in [1.29, 1.82) is 5.26 Å². The van der Waals surface area contributed by atoms with Crippen molar-refractivity contribution in [2.24, 2.45) is 0 Å². The molecule has 2 unspecified atom stereocenters. The van der Waals surface area contributed by atoms with Crippen LogP contribution in [0.3, 0.4) is 0 Å². The van der Waals surface area contributed by atoms with Crippen molar-refractivity contribution in [3.05, 3.63) is 0 Å². The second-order valence-corrected chi connectivity index (χ2v) is 5.59. The van der Waals surface area contributed by atoms with E-state index in [1.165, 1.54) is 0 Å². The number of carbonyl (C=O) groups is 1. The predicted molar refractivity (Wildman–Crippen MR) is 68.8 cm³/mol. The Labute approximate surface area is 107 Å². The SMILES string of the molecule is CC1OCCC1SCCC(=O)N(C)CCC#N. The molecule has 17 heavy (non-hydrogen) atoms. The van der Waals surface area contributed by atoms with Gasteiger partial charge in [0, 0.05) is 37.6 Å². The van der Waals surface area contributed by atoms with Crippen LogP contribution >= 0.6 is 11.8 Å². The number of thioether (sulfide) groups is 1. The van der Waals surface area contributed by atoms with Gasteiger partial charge in [0.15, 0.2) is 0 Å². The Morgan fingerprint density at radius 3 is 3.00 bits per heavy atom. The summed E-state index contributed by atoms with van der Waals surface area (Å²) < 4.78 is 5.47. The first-order valence-corrected chi connectivity index (χ1v) is 7.04. The van der Waals surface area contributed by atoms with Gasteiger partial charge in [0.05, 0.1) is 18.6 Å². The lowest BCUT2D eigenvalue weighted by Gasteiger charge is -2.17. The molecule has 0 N–H and O–H groups in total. The molecule has 4 nitrogen and oxygen atoms in total. The Bertz CT molecular complexity index is 291. The summed E-state index contributed by atoms with van der Waals surface area (Å²) in [5, 5.41) is 8.97. The van der Waals surface area contributed by atoms with Crippen LogP contribution in [0.5, 0.6) is 0 Å². The molecule has 96 valence electrons. The highest BCUT2D eigenvalue weighted by atomic mass is 32.2. The Hall–Kier alpha value is -0.730. The van der Waals surface area contributed by atoms with Crippen LogP contribution in [-0.4, -0.2) is 48.1 Å². The second-order valence-electron chi connectivity index (χ2n) is 4.25. The average molecular weight is 256 g/mol. The normalized spacial score (nSPS) is 23.4. The van der Waals surface area contributed by atoms with Crippen LogP contribution in [0.25, 0.3) is 0 Å². The van der Waals surface area contributed by atoms with Crippen LogP contribution in [0.1, 0.15) is 26.2 Å². The number of rotatable bonds is 6. The summed E-state index contributed by atoms with van der Waals surface area (Å²) in [5.74, 6) is 0.966. The Kier molecular flexibility index (Phi) is 6.38. The smallest absolute Gasteiger partial charge is 0.223 e. The molecule has 0 aromatic heterocycles. The second kappa shape index (κ2) is 7.57. The molecule has 1 saturated heterocycles. The van der Waals surface area contributed by atoms with Gasteiger partial charge in [-0.1, -0.05) is 0 Å². The minimum Gasteiger partial charge on any atom is -0.377 e. The third kappa shape index (κ3) is 4.97. The molecule has 1 fully saturated rings. The molecule has 0 aliphatic carbocycles. The molecule has 0 saturated carbocycles. The monoisotopic (exact) mass is 256 g/mol. The van der Waals surface area contributed by atoms with Gasteiger partial charge in [-0.2, -0.15) is 17.0 Å². The Morgan fingerprint density at radius 1 is 1.65 bits per heavy atom. The van der Waals surface area contributed by atoms with Crippen LogP contribution in [0.15, 0.2) is 0 Å². The van der Waals surface area contributed by atoms with Crippen molar-refractivity contribution in [2.75, 3.05) is 26.0 Å². The zero-order valence-corrected chi connectivity index (χ0v) is 11.3. The topological polar surface area (TPSA) is 53.3 Å². The largest absolute Gasteiger partial charge is 0.377 e. The molecule has 1 rings (SSSR count). The number of nitrogens with zero attached hydrogens (tertiary/aromatic N) is 2. The van der Waals surface area contributed by atoms with Gasteiger partial charge in [0.2, 0.25) is 5.91 Å². The summed E-state index contributed by atoms with van der Waals surface area (Å²) in [6, 6.07) is 2.04. The maximum Gasteiger partial charge on any atom is 0.223 e. The van der Waals surface area contributed by atoms with E-state index in [1.54, 1.807) is 11.9 Å². The fourth-order valence-corrected chi connectivity index (χ4v) is 2.97. The van der Waals surface area contributed by atoms with Crippen molar-refractivity contribution in [3.8, 4) is 6.07 Å². The van der Waals surface area contributed by atoms with E-state index in [1.807, 2.05) is 17.8 Å². The van der Waals surface area contributed by atoms with E-state index in [2.05, 4.69) is 6.92 Å². The summed E-state index contributed by atoms with van der Waals surface area (Å²) in [6.07, 6.45) is 2.36. The lowest BCUT2D eigenvalue weighted by molar-refractivity contribution is -0.129. The lowest BCUT2D eigenvalue weighted by Crippen LogP contribution is -2.28. The Balaban J connectivity index is 2.13. The van der Waals surface area contributed by atoms with E-state index in [0.29, 0.717) is 30.7 Å². The zero-order chi connectivity index (χ0) is 12.7. The van der Waals surface area contributed by atoms with Gasteiger partial charge in [-0.25, -0.2) is 0 Å². The predicted octanol–water partition coefficient (Wildman–Crippen LogP) is 1.66. The highest BCUT2D eigenvalue weighted by molar-refractivity contribution is 7.99. The Morgan fingerprint density at radius 2 is 2.41 bits per heavy atom. The van der Waals surface area contributed by atoms with Gasteiger partial charge in [-0.3, -0.25) is 4.79 Å². The number of carbonyl (C=O) groups excluding carboxylic acids is 1. The molecule has 0 radical (unpaired) electrons. The van der Waals surface area contributed by atoms with Crippen LogP contribution in [0, 0.1) is 11.3 Å². The summed E-state index contributed by atoms with van der Waals surface area (Å²) >= 11 is 1.82. The van der Waals surface area contributed by atoms with E-state index in [-0.39, 0.29) is 5.91 Å². The lowest BCUT2D eigenvalue weighted by atomic mass is 10.3. The first-order chi connectivity index (χ1) is 8.15. The van der Waals surface area contributed by atoms with Gasteiger partial charge in [0.1, 0.15) is 0 Å². The van der Waals surface area contributed by atoms with Gasteiger partial charge in [0.25, 0.3) is 0 Å². The molecular formula is C12H20N2O2S. The van der Waals surface area contributed by atoms with Crippen LogP contribution in [-0.2, 0) is 9.53 Å². The van der Waals surface area contributed by atoms with E-state index in [4.69, 9.17) is 10.00 Å². The maximum absolute atomic E-state index is 11.7. The average Bonchev–Trinajstić information content (AvgIpc) is 2.72. The van der Waals surface area contributed by atoms with Crippen LogP contribution < -0.4 is 0 Å². The van der Waals surface area contributed by atoms with Gasteiger partial charge in [-0.15, -0.1) is 0 Å². The summed E-state index contributed by atoms with van der Waals surface area (Å²) in [4.78, 5) is 13.3. The molecule has 0 aromatic rings. The van der Waals surface area contributed by atoms with E-state index in [9.17, 15) is 4.79 Å². The maximum atomic E-state index is 11.7. The molecule has 0 spiro atoms. The number of amides is 1. The van der Waals surface area contributed by atoms with Crippen molar-refractivity contribution in [2.45, 2.75) is 37.5 Å². The molecule has 1 aliphatic rings. The minimum absolute atomic E-state index is 0.124. The highest BCUT2D eigenvalue weighted by Crippen LogP contribution is 2.26. The molecule has 2 atom stereocenters. The van der Waals surface area contributed by atoms with E-state index in [0.717, 1.165) is 18.8 Å². The standard InChI is InChI=1S/C12H20N2O2S/c1-10-11(4-8-16-10)17-9-5-12(15)14(2)7-3-6-13/h10-11H,3-5,7-9H2,1-2H3. The number of ether oxygens (including phenoxy) is 1. The molecule has 0 bridgehead atoms. The zero-order valence-electron chi connectivity index (χ0n) is 10.5. The van der Waals surface area contributed by atoms with E-state index >= 15 is 0 Å². The van der Waals surface area contributed by atoms with Crippen LogP contribution in [0.2, 0.25) is 0 Å². The molecule has 1 aliphatic heterocycles. The quantitative estimate of drug-likeness (QED) is 0.725. The fourth-order valence-electron chi connectivity index (χ4n) is 1.76. The molecular weight excluding hydrogens is 236 g/mol. The van der Waals surface area contributed by atoms with Crippen molar-refractivity contribution < 1.29 is 9.53 Å². The first kappa shape index (κ1) is 14.3. The fraction of sp³-hybridized carbons (Fsp3) is 0.833. The molecule has 0 aromatic carbocycles. The summed E-state index contributed by atoms with van der Waals surface area (Å²) in [7, 11) is 1.76. The van der Waals surface area contributed by atoms with Gasteiger partial charge in [-0.05, 0) is 13.3 Å². The summed E-state index contributed by atoms with van der Waals surface area (Å²) in [6.45, 7) is 3.46. The number of nitriles is 1.